The first-order valence-corrected chi connectivity index (χ1v) is 11.0. The number of hydrogen-bond acceptors (Lipinski definition) is 6. The molecule has 0 radical (unpaired) electrons. The number of methoxy groups -OCH3 is 3. The third-order valence-corrected chi connectivity index (χ3v) is 5.88. The molecule has 1 heterocycles. The van der Waals surface area contributed by atoms with Gasteiger partial charge in [-0.2, -0.15) is 0 Å². The maximum atomic E-state index is 12.9. The van der Waals surface area contributed by atoms with Crippen LogP contribution in [0.25, 0.3) is 0 Å². The lowest BCUT2D eigenvalue weighted by Gasteiger charge is -2.42. The second-order valence-electron chi connectivity index (χ2n) is 7.66. The molecule has 33 heavy (non-hydrogen) atoms. The van der Waals surface area contributed by atoms with Gasteiger partial charge in [-0.3, -0.25) is 9.80 Å². The normalized spacial score (nSPS) is 17.1. The summed E-state index contributed by atoms with van der Waals surface area (Å²) in [5.41, 5.74) is 2.18. The van der Waals surface area contributed by atoms with E-state index in [9.17, 15) is 9.59 Å². The fraction of sp³-hybridized carbons (Fsp3) is 0.417. The highest BCUT2D eigenvalue weighted by Crippen LogP contribution is 2.46. The lowest BCUT2D eigenvalue weighted by atomic mass is 9.90. The van der Waals surface area contributed by atoms with E-state index in [0.29, 0.717) is 28.6 Å². The zero-order valence-corrected chi connectivity index (χ0v) is 20.2. The summed E-state index contributed by atoms with van der Waals surface area (Å²) >= 11 is 6.17. The molecule has 1 aliphatic heterocycles. The molecule has 9 heteroatoms. The fourth-order valence-corrected chi connectivity index (χ4v) is 4.38. The van der Waals surface area contributed by atoms with Gasteiger partial charge < -0.3 is 18.9 Å². The molecular weight excluding hydrogens is 448 g/mol. The summed E-state index contributed by atoms with van der Waals surface area (Å²) in [5, 5.41) is 0.578. The number of carbonyl (C=O) groups excluding carboxylic acids is 2. The number of benzene rings is 2. The summed E-state index contributed by atoms with van der Waals surface area (Å²) < 4.78 is 21.4. The van der Waals surface area contributed by atoms with E-state index in [4.69, 9.17) is 30.5 Å². The molecule has 0 saturated carbocycles. The lowest BCUT2D eigenvalue weighted by Crippen LogP contribution is -2.47. The molecular formula is C24H29ClN2O6. The van der Waals surface area contributed by atoms with Gasteiger partial charge in [0.2, 0.25) is 0 Å². The first kappa shape index (κ1) is 24.5. The Labute approximate surface area is 198 Å². The molecule has 0 aromatic heterocycles. The molecule has 2 amide bonds. The Morgan fingerprint density at radius 1 is 1.12 bits per heavy atom. The number of fused-ring (bicyclic) bond motifs is 1. The van der Waals surface area contributed by atoms with Crippen molar-refractivity contribution in [3.63, 3.8) is 0 Å². The summed E-state index contributed by atoms with van der Waals surface area (Å²) in [5.74, 6) is 0.963. The molecule has 8 nitrogen and oxygen atoms in total. The van der Waals surface area contributed by atoms with Gasteiger partial charge in [-0.05, 0) is 44.0 Å². The summed E-state index contributed by atoms with van der Waals surface area (Å²) in [6.07, 6.45) is -0.481. The maximum Gasteiger partial charge on any atom is 0.414 e. The van der Waals surface area contributed by atoms with E-state index in [0.717, 1.165) is 11.1 Å². The number of nitrogens with zero attached hydrogens (tertiary/aromatic N) is 2. The van der Waals surface area contributed by atoms with Crippen LogP contribution in [0, 0.1) is 0 Å². The molecule has 2 aromatic rings. The van der Waals surface area contributed by atoms with Crippen molar-refractivity contribution < 1.29 is 28.5 Å². The summed E-state index contributed by atoms with van der Waals surface area (Å²) in [6.45, 7) is 4.20. The number of ether oxygens (including phenoxy) is 4. The summed E-state index contributed by atoms with van der Waals surface area (Å²) in [7, 11) is 4.42. The van der Waals surface area contributed by atoms with Gasteiger partial charge in [0, 0.05) is 29.2 Å². The number of hydrogen-bond donors (Lipinski definition) is 0. The van der Waals surface area contributed by atoms with Crippen LogP contribution < -0.4 is 14.4 Å². The molecule has 0 saturated heterocycles. The Bertz CT molecular complexity index is 1010. The van der Waals surface area contributed by atoms with Crippen LogP contribution in [0.4, 0.5) is 15.3 Å². The topological polar surface area (TPSA) is 77.5 Å². The van der Waals surface area contributed by atoms with Crippen molar-refractivity contribution in [2.75, 3.05) is 32.8 Å². The van der Waals surface area contributed by atoms with Gasteiger partial charge in [-0.1, -0.05) is 23.7 Å². The third kappa shape index (κ3) is 5.11. The van der Waals surface area contributed by atoms with E-state index in [1.165, 1.54) is 21.3 Å². The Hall–Kier alpha value is -3.13. The standard InChI is InChI=1S/C24H29ClN2O6/c1-6-33-24(29)27-15(2)10-19(18-12-21(30-3)22(31-4)13-20(18)27)26(23(28)32-5)14-16-8-7-9-17(25)11-16/h7-9,11-13,15,19H,6,10,14H2,1-5H3/t15-,19+/m0/s1. The largest absolute Gasteiger partial charge is 0.493 e. The highest BCUT2D eigenvalue weighted by Gasteiger charge is 2.40. The highest BCUT2D eigenvalue weighted by molar-refractivity contribution is 6.30. The van der Waals surface area contributed by atoms with E-state index in [1.54, 1.807) is 34.9 Å². The van der Waals surface area contributed by atoms with Gasteiger partial charge >= 0.3 is 12.2 Å². The zero-order valence-electron chi connectivity index (χ0n) is 19.5. The second-order valence-corrected chi connectivity index (χ2v) is 8.10. The van der Waals surface area contributed by atoms with Crippen molar-refractivity contribution in [2.24, 2.45) is 0 Å². The van der Waals surface area contributed by atoms with Crippen LogP contribution in [0.1, 0.15) is 37.4 Å². The SMILES string of the molecule is CCOC(=O)N1c2cc(OC)c(OC)cc2[C@H](N(Cc2cccc(Cl)c2)C(=O)OC)C[C@@H]1C. The third-order valence-electron chi connectivity index (χ3n) is 5.65. The van der Waals surface area contributed by atoms with Crippen LogP contribution in [0.5, 0.6) is 11.5 Å². The van der Waals surface area contributed by atoms with Crippen molar-refractivity contribution in [1.29, 1.82) is 0 Å². The minimum absolute atomic E-state index is 0.247. The minimum atomic E-state index is -0.488. The minimum Gasteiger partial charge on any atom is -0.493 e. The molecule has 0 fully saturated rings. The Balaban J connectivity index is 2.14. The maximum absolute atomic E-state index is 12.9. The first-order chi connectivity index (χ1) is 15.8. The average molecular weight is 477 g/mol. The van der Waals surface area contributed by atoms with E-state index in [2.05, 4.69) is 0 Å². The predicted molar refractivity (Wildman–Crippen MR) is 125 cm³/mol. The number of anilines is 1. The Morgan fingerprint density at radius 3 is 2.42 bits per heavy atom. The lowest BCUT2D eigenvalue weighted by molar-refractivity contribution is 0.0941. The van der Waals surface area contributed by atoms with Gasteiger partial charge in [-0.25, -0.2) is 9.59 Å². The van der Waals surface area contributed by atoms with Crippen LogP contribution >= 0.6 is 11.6 Å². The quantitative estimate of drug-likeness (QED) is 0.553. The molecule has 2 aromatic carbocycles. The molecule has 0 bridgehead atoms. The monoisotopic (exact) mass is 476 g/mol. The zero-order chi connectivity index (χ0) is 24.1. The summed E-state index contributed by atoms with van der Waals surface area (Å²) in [6, 6.07) is 10.2. The Morgan fingerprint density at radius 2 is 1.82 bits per heavy atom. The molecule has 0 unspecified atom stereocenters. The van der Waals surface area contributed by atoms with Gasteiger partial charge in [0.15, 0.2) is 11.5 Å². The summed E-state index contributed by atoms with van der Waals surface area (Å²) in [4.78, 5) is 29.0. The first-order valence-electron chi connectivity index (χ1n) is 10.6. The van der Waals surface area contributed by atoms with Gasteiger partial charge in [-0.15, -0.1) is 0 Å². The van der Waals surface area contributed by atoms with Gasteiger partial charge in [0.05, 0.1) is 39.7 Å². The van der Waals surface area contributed by atoms with Crippen molar-refractivity contribution in [2.45, 2.75) is 38.9 Å². The van der Waals surface area contributed by atoms with E-state index in [1.807, 2.05) is 25.1 Å². The van der Waals surface area contributed by atoms with Crippen LogP contribution in [0.2, 0.25) is 5.02 Å². The predicted octanol–water partition coefficient (Wildman–Crippen LogP) is 5.42. The number of halogens is 1. The van der Waals surface area contributed by atoms with Crippen molar-refractivity contribution in [3.8, 4) is 11.5 Å². The molecule has 0 spiro atoms. The Kier molecular flexibility index (Phi) is 7.92. The van der Waals surface area contributed by atoms with Crippen LogP contribution in [-0.2, 0) is 16.0 Å². The molecule has 3 rings (SSSR count). The van der Waals surface area contributed by atoms with Crippen LogP contribution in [-0.4, -0.2) is 51.1 Å². The average Bonchev–Trinajstić information content (AvgIpc) is 2.80. The second kappa shape index (κ2) is 10.7. The van der Waals surface area contributed by atoms with E-state index in [-0.39, 0.29) is 19.2 Å². The highest BCUT2D eigenvalue weighted by atomic mass is 35.5. The molecule has 1 aliphatic rings. The number of rotatable bonds is 6. The van der Waals surface area contributed by atoms with Gasteiger partial charge in [0.25, 0.3) is 0 Å². The molecule has 0 aliphatic carbocycles. The number of carbonyl (C=O) groups is 2. The molecule has 0 N–H and O–H groups in total. The van der Waals surface area contributed by atoms with E-state index >= 15 is 0 Å². The smallest absolute Gasteiger partial charge is 0.414 e. The van der Waals surface area contributed by atoms with Crippen LogP contribution in [0.15, 0.2) is 36.4 Å². The van der Waals surface area contributed by atoms with E-state index < -0.39 is 18.2 Å². The van der Waals surface area contributed by atoms with Crippen molar-refractivity contribution >= 4 is 29.5 Å². The van der Waals surface area contributed by atoms with Gasteiger partial charge in [0.1, 0.15) is 0 Å². The molecule has 2 atom stereocenters. The van der Waals surface area contributed by atoms with Crippen molar-refractivity contribution in [3.05, 3.63) is 52.5 Å². The number of amides is 2. The van der Waals surface area contributed by atoms with Crippen LogP contribution in [0.3, 0.4) is 0 Å². The fourth-order valence-electron chi connectivity index (χ4n) is 4.17. The van der Waals surface area contributed by atoms with Crippen molar-refractivity contribution in [1.82, 2.24) is 4.90 Å². The molecule has 178 valence electrons.